The molecular weight excluding hydrogens is 504 g/mol. The average molecular weight is 541 g/mol. The van der Waals surface area contributed by atoms with E-state index in [0.29, 0.717) is 18.4 Å². The van der Waals surface area contributed by atoms with Gasteiger partial charge in [0.2, 0.25) is 0 Å². The molecule has 0 radical (unpaired) electrons. The van der Waals surface area contributed by atoms with E-state index in [9.17, 15) is 24.3 Å². The standard InChI is InChI=1S/C30H36O9/c1-16(31)37-23-24-26(3,4)21(33)9-11-27(24,5)19-8-12-28(6)20(29(19,7)25(23)38-17(2)32)14-22(34)39-30(28,35)18-10-13-36-15-18/h9-11,13-15,19,23-25,35H,8,12H2,1-7H3. The van der Waals surface area contributed by atoms with Gasteiger partial charge in [0.25, 0.3) is 5.79 Å². The number of ketones is 1. The smallest absolute Gasteiger partial charge is 0.333 e. The van der Waals surface area contributed by atoms with Gasteiger partial charge < -0.3 is 23.7 Å². The van der Waals surface area contributed by atoms with Crippen LogP contribution in [0.1, 0.15) is 66.9 Å². The third kappa shape index (κ3) is 3.47. The van der Waals surface area contributed by atoms with Crippen molar-refractivity contribution >= 4 is 23.7 Å². The van der Waals surface area contributed by atoms with Gasteiger partial charge in [-0.3, -0.25) is 14.4 Å². The summed E-state index contributed by atoms with van der Waals surface area (Å²) in [4.78, 5) is 51.5. The summed E-state index contributed by atoms with van der Waals surface area (Å²) in [6.07, 6.45) is 6.50. The highest BCUT2D eigenvalue weighted by molar-refractivity contribution is 5.96. The lowest BCUT2D eigenvalue weighted by molar-refractivity contribution is -0.288. The Kier molecular flexibility index (Phi) is 5.89. The van der Waals surface area contributed by atoms with E-state index in [0.717, 1.165) is 0 Å². The molecule has 2 saturated carbocycles. The van der Waals surface area contributed by atoms with Crippen molar-refractivity contribution in [2.24, 2.45) is 33.5 Å². The summed E-state index contributed by atoms with van der Waals surface area (Å²) < 4.78 is 22.9. The van der Waals surface area contributed by atoms with Crippen LogP contribution in [-0.2, 0) is 39.2 Å². The summed E-state index contributed by atoms with van der Waals surface area (Å²) in [5, 5.41) is 12.1. The number of esters is 3. The number of furan rings is 1. The van der Waals surface area contributed by atoms with Gasteiger partial charge in [-0.05, 0) is 48.8 Å². The van der Waals surface area contributed by atoms with Crippen LogP contribution >= 0.6 is 0 Å². The highest BCUT2D eigenvalue weighted by Gasteiger charge is 2.74. The Morgan fingerprint density at radius 2 is 1.72 bits per heavy atom. The first-order valence-corrected chi connectivity index (χ1v) is 13.3. The summed E-state index contributed by atoms with van der Waals surface area (Å²) in [6.45, 7) is 12.0. The van der Waals surface area contributed by atoms with E-state index >= 15 is 0 Å². The molecule has 8 unspecified atom stereocenters. The van der Waals surface area contributed by atoms with Gasteiger partial charge in [-0.2, -0.15) is 0 Å². The summed E-state index contributed by atoms with van der Waals surface area (Å²) in [7, 11) is 0. The highest BCUT2D eigenvalue weighted by Crippen LogP contribution is 2.72. The third-order valence-corrected chi connectivity index (χ3v) is 10.2. The Morgan fingerprint density at radius 3 is 2.31 bits per heavy atom. The molecule has 1 aromatic heterocycles. The van der Waals surface area contributed by atoms with Crippen LogP contribution in [0.2, 0.25) is 0 Å². The van der Waals surface area contributed by atoms with Crippen LogP contribution in [0.5, 0.6) is 0 Å². The van der Waals surface area contributed by atoms with E-state index in [-0.39, 0.29) is 17.3 Å². The molecule has 4 aliphatic rings. The van der Waals surface area contributed by atoms with Crippen molar-refractivity contribution in [3.63, 3.8) is 0 Å². The van der Waals surface area contributed by atoms with Gasteiger partial charge in [0.05, 0.1) is 17.2 Å². The Hall–Kier alpha value is -3.20. The molecule has 9 nitrogen and oxygen atoms in total. The monoisotopic (exact) mass is 540 g/mol. The highest BCUT2D eigenvalue weighted by atomic mass is 16.7. The Balaban J connectivity index is 1.81. The first kappa shape index (κ1) is 27.4. The second-order valence-electron chi connectivity index (χ2n) is 12.7. The molecule has 1 aromatic rings. The Bertz CT molecular complexity index is 1310. The number of fused-ring (bicyclic) bond motifs is 5. The van der Waals surface area contributed by atoms with Gasteiger partial charge >= 0.3 is 17.9 Å². The van der Waals surface area contributed by atoms with Crippen molar-refractivity contribution in [3.8, 4) is 0 Å². The Morgan fingerprint density at radius 1 is 1.05 bits per heavy atom. The number of hydrogen-bond donors (Lipinski definition) is 1. The molecule has 0 amide bonds. The molecule has 2 heterocycles. The number of rotatable bonds is 3. The van der Waals surface area contributed by atoms with Crippen LogP contribution in [-0.4, -0.2) is 41.0 Å². The van der Waals surface area contributed by atoms with Gasteiger partial charge in [0, 0.05) is 36.7 Å². The summed E-state index contributed by atoms with van der Waals surface area (Å²) in [5.74, 6) is -4.86. The molecule has 8 atom stereocenters. The number of cyclic esters (lactones) is 1. The summed E-state index contributed by atoms with van der Waals surface area (Å²) in [6, 6.07) is 1.55. The van der Waals surface area contributed by atoms with E-state index in [1.165, 1.54) is 32.4 Å². The maximum Gasteiger partial charge on any atom is 0.333 e. The Labute approximate surface area is 227 Å². The average Bonchev–Trinajstić information content (AvgIpc) is 3.36. The first-order valence-electron chi connectivity index (χ1n) is 13.3. The zero-order valence-electron chi connectivity index (χ0n) is 23.4. The fourth-order valence-electron chi connectivity index (χ4n) is 8.67. The minimum atomic E-state index is -2.05. The minimum absolute atomic E-state index is 0.109. The molecule has 210 valence electrons. The fraction of sp³-hybridized carbons (Fsp3) is 0.600. The van der Waals surface area contributed by atoms with E-state index < -0.39 is 63.5 Å². The minimum Gasteiger partial charge on any atom is -0.472 e. The normalized spacial score (nSPS) is 42.3. The van der Waals surface area contributed by atoms with Crippen molar-refractivity contribution < 1.29 is 42.9 Å². The second kappa shape index (κ2) is 8.40. The lowest BCUT2D eigenvalue weighted by Gasteiger charge is -2.69. The zero-order valence-corrected chi connectivity index (χ0v) is 23.4. The van der Waals surface area contributed by atoms with Gasteiger partial charge in [-0.25, -0.2) is 4.79 Å². The lowest BCUT2D eigenvalue weighted by Crippen LogP contribution is -2.72. The number of ether oxygens (including phenoxy) is 3. The van der Waals surface area contributed by atoms with E-state index in [4.69, 9.17) is 18.6 Å². The van der Waals surface area contributed by atoms with Gasteiger partial charge in [0.1, 0.15) is 18.5 Å². The molecule has 0 bridgehead atoms. The van der Waals surface area contributed by atoms with Crippen molar-refractivity contribution in [1.82, 2.24) is 0 Å². The van der Waals surface area contributed by atoms with Crippen molar-refractivity contribution in [2.75, 3.05) is 0 Å². The van der Waals surface area contributed by atoms with Crippen molar-refractivity contribution in [1.29, 1.82) is 0 Å². The molecule has 0 saturated heterocycles. The molecule has 39 heavy (non-hydrogen) atoms. The first-order chi connectivity index (χ1) is 18.0. The maximum atomic E-state index is 13.2. The molecular formula is C30H36O9. The predicted octanol–water partition coefficient (Wildman–Crippen LogP) is 4.00. The quantitative estimate of drug-likeness (QED) is 0.447. The van der Waals surface area contributed by atoms with E-state index in [1.54, 1.807) is 12.1 Å². The molecule has 1 N–H and O–H groups in total. The topological polar surface area (TPSA) is 129 Å². The maximum absolute atomic E-state index is 13.2. The van der Waals surface area contributed by atoms with Crippen LogP contribution in [0, 0.1) is 33.5 Å². The summed E-state index contributed by atoms with van der Waals surface area (Å²) >= 11 is 0. The lowest BCUT2D eigenvalue weighted by atomic mass is 9.37. The van der Waals surface area contributed by atoms with Crippen LogP contribution in [0.4, 0.5) is 0 Å². The molecule has 0 spiro atoms. The molecule has 2 fully saturated rings. The number of hydrogen-bond acceptors (Lipinski definition) is 9. The van der Waals surface area contributed by atoms with Crippen molar-refractivity contribution in [3.05, 3.63) is 48.0 Å². The second-order valence-corrected chi connectivity index (χ2v) is 12.7. The molecule has 1 aliphatic heterocycles. The summed E-state index contributed by atoms with van der Waals surface area (Å²) in [5.41, 5.74) is -3.04. The van der Waals surface area contributed by atoms with Crippen LogP contribution in [0.15, 0.2) is 46.8 Å². The number of allylic oxidation sites excluding steroid dienone is 2. The van der Waals surface area contributed by atoms with E-state index in [2.05, 4.69) is 0 Å². The van der Waals surface area contributed by atoms with Crippen LogP contribution < -0.4 is 0 Å². The van der Waals surface area contributed by atoms with Gasteiger partial charge in [-0.15, -0.1) is 0 Å². The van der Waals surface area contributed by atoms with Crippen LogP contribution in [0.3, 0.4) is 0 Å². The van der Waals surface area contributed by atoms with Gasteiger partial charge in [-0.1, -0.05) is 33.8 Å². The number of aliphatic hydroxyl groups is 1. The predicted molar refractivity (Wildman–Crippen MR) is 136 cm³/mol. The molecule has 9 heteroatoms. The van der Waals surface area contributed by atoms with Crippen LogP contribution in [0.25, 0.3) is 0 Å². The number of carbonyl (C=O) groups excluding carboxylic acids is 4. The zero-order chi connectivity index (χ0) is 28.8. The molecule has 0 aromatic carbocycles. The molecule has 5 rings (SSSR count). The largest absolute Gasteiger partial charge is 0.472 e. The molecule has 3 aliphatic carbocycles. The van der Waals surface area contributed by atoms with Gasteiger partial charge in [0.15, 0.2) is 5.78 Å². The third-order valence-electron chi connectivity index (χ3n) is 10.2. The van der Waals surface area contributed by atoms with E-state index in [1.807, 2.05) is 40.7 Å². The fourth-order valence-corrected chi connectivity index (χ4v) is 8.67. The number of carbonyl (C=O) groups is 4. The van der Waals surface area contributed by atoms with Crippen molar-refractivity contribution in [2.45, 2.75) is 79.3 Å². The SMILES string of the molecule is CC(=O)OC1C2C(C)(C)C(=O)C=CC2(C)C2CCC3(C)C(=CC(=O)OC3(O)c3ccoc3)C2(C)C1OC(C)=O.